The van der Waals surface area contributed by atoms with E-state index in [2.05, 4.69) is 0 Å². The van der Waals surface area contributed by atoms with Crippen LogP contribution in [0.3, 0.4) is 0 Å². The first-order valence-electron chi connectivity index (χ1n) is 10.3. The molecule has 0 radical (unpaired) electrons. The number of carbonyl (C=O) groups is 1. The van der Waals surface area contributed by atoms with Crippen LogP contribution in [-0.2, 0) is 28.1 Å². The Morgan fingerprint density at radius 2 is 1.88 bits per heavy atom. The number of thiophene rings is 1. The van der Waals surface area contributed by atoms with Gasteiger partial charge in [0.2, 0.25) is 0 Å². The van der Waals surface area contributed by atoms with E-state index in [1.807, 2.05) is 0 Å². The highest BCUT2D eigenvalue weighted by molar-refractivity contribution is 7.18. The van der Waals surface area contributed by atoms with Gasteiger partial charge in [-0.1, -0.05) is 0 Å². The smallest absolute Gasteiger partial charge is 0.354 e. The molecule has 33 heavy (non-hydrogen) atoms. The first-order chi connectivity index (χ1) is 15.3. The van der Waals surface area contributed by atoms with E-state index in [1.165, 1.54) is 19.1 Å². The predicted octanol–water partition coefficient (Wildman–Crippen LogP) is 2.49. The second kappa shape index (κ2) is 9.11. The van der Waals surface area contributed by atoms with Crippen LogP contribution in [0.4, 0.5) is 18.0 Å². The third-order valence-corrected chi connectivity index (χ3v) is 7.28. The quantitative estimate of drug-likeness (QED) is 0.541. The first kappa shape index (κ1) is 25.2. The molecule has 3 rings (SSSR count). The van der Waals surface area contributed by atoms with Gasteiger partial charge in [-0.05, 0) is 32.3 Å². The lowest BCUT2D eigenvalue weighted by Crippen LogP contribution is -2.44. The number of primary amides is 1. The lowest BCUT2D eigenvalue weighted by Gasteiger charge is -2.24. The molecule has 0 unspecified atom stereocenters. The van der Waals surface area contributed by atoms with Gasteiger partial charge < -0.3 is 20.1 Å². The van der Waals surface area contributed by atoms with Crippen LogP contribution in [0, 0.1) is 6.92 Å². The number of halogens is 3. The molecule has 0 atom stereocenters. The summed E-state index contributed by atoms with van der Waals surface area (Å²) in [5, 5.41) is 0.185. The average molecular weight is 493 g/mol. The molecule has 2 aromatic heterocycles. The fourth-order valence-electron chi connectivity index (χ4n) is 3.69. The van der Waals surface area contributed by atoms with E-state index >= 15 is 0 Å². The Labute approximate surface area is 191 Å². The number of methoxy groups -OCH3 is 2. The Balaban J connectivity index is 2.15. The zero-order valence-corrected chi connectivity index (χ0v) is 19.6. The number of rotatable bonds is 9. The second-order valence-corrected chi connectivity index (χ2v) is 9.47. The van der Waals surface area contributed by atoms with Gasteiger partial charge in [0.25, 0.3) is 5.56 Å². The maximum atomic E-state index is 13.3. The number of aryl methyl sites for hydroxylation is 2. The minimum absolute atomic E-state index is 0.000793. The molecule has 0 spiro atoms. The van der Waals surface area contributed by atoms with Crippen LogP contribution in [0.15, 0.2) is 9.59 Å². The van der Waals surface area contributed by atoms with Crippen molar-refractivity contribution in [1.82, 2.24) is 14.0 Å². The summed E-state index contributed by atoms with van der Waals surface area (Å²) in [7, 11) is 2.80. The molecule has 0 aromatic carbocycles. The lowest BCUT2D eigenvalue weighted by atomic mass is 10.2. The van der Waals surface area contributed by atoms with E-state index in [0.29, 0.717) is 23.3 Å². The van der Waals surface area contributed by atoms with Crippen LogP contribution in [0.25, 0.3) is 10.2 Å². The van der Waals surface area contributed by atoms with E-state index in [4.69, 9.17) is 15.2 Å². The number of hydrogen-bond acceptors (Lipinski definition) is 6. The summed E-state index contributed by atoms with van der Waals surface area (Å²) in [5.74, 6) is 0. The minimum Gasteiger partial charge on any atom is -0.354 e. The molecule has 0 saturated heterocycles. The molecular weight excluding hydrogens is 465 g/mol. The number of alkyl halides is 3. The summed E-state index contributed by atoms with van der Waals surface area (Å²) in [5.41, 5.74) is 3.99. The Morgan fingerprint density at radius 3 is 2.36 bits per heavy atom. The van der Waals surface area contributed by atoms with E-state index in [0.717, 1.165) is 20.5 Å². The summed E-state index contributed by atoms with van der Waals surface area (Å²) in [4.78, 5) is 40.4. The van der Waals surface area contributed by atoms with Crippen molar-refractivity contribution in [3.05, 3.63) is 31.3 Å². The van der Waals surface area contributed by atoms with Crippen molar-refractivity contribution in [2.75, 3.05) is 20.8 Å². The Bertz CT molecular complexity index is 1160. The number of hydrogen-bond donors (Lipinski definition) is 1. The largest absolute Gasteiger partial charge is 0.390 e. The van der Waals surface area contributed by atoms with Crippen LogP contribution < -0.4 is 17.0 Å². The average Bonchev–Trinajstić information content (AvgIpc) is 3.37. The molecule has 2 heterocycles. The van der Waals surface area contributed by atoms with Gasteiger partial charge >= 0.3 is 17.9 Å². The lowest BCUT2D eigenvalue weighted by molar-refractivity contribution is -0.136. The van der Waals surface area contributed by atoms with E-state index in [1.54, 1.807) is 13.8 Å². The number of nitrogens with two attached hydrogens (primary N) is 1. The molecular formula is C20H27F3N4O5S. The topological polar surface area (TPSA) is 109 Å². The molecule has 13 heteroatoms. The van der Waals surface area contributed by atoms with Crippen LogP contribution in [0.2, 0.25) is 0 Å². The van der Waals surface area contributed by atoms with Crippen LogP contribution >= 0.6 is 11.3 Å². The maximum absolute atomic E-state index is 13.3. The summed E-state index contributed by atoms with van der Waals surface area (Å²) in [6, 6.07) is -0.761. The number of ether oxygens (including phenoxy) is 2. The number of carbonyl (C=O) groups excluding carboxylic acids is 1. The van der Waals surface area contributed by atoms with Crippen molar-refractivity contribution in [3.63, 3.8) is 0 Å². The van der Waals surface area contributed by atoms with Crippen molar-refractivity contribution < 1.29 is 27.4 Å². The van der Waals surface area contributed by atoms with Gasteiger partial charge in [-0.3, -0.25) is 13.9 Å². The fraction of sp³-hybridized carbons (Fsp3) is 0.650. The normalized spacial score (nSPS) is 15.4. The van der Waals surface area contributed by atoms with Crippen molar-refractivity contribution in [2.45, 2.75) is 64.2 Å². The number of nitrogens with zero attached hydrogens (tertiary/aromatic N) is 3. The third kappa shape index (κ3) is 5.09. The van der Waals surface area contributed by atoms with Gasteiger partial charge in [0.05, 0.1) is 30.4 Å². The summed E-state index contributed by atoms with van der Waals surface area (Å²) < 4.78 is 51.2. The Morgan fingerprint density at radius 1 is 1.27 bits per heavy atom. The van der Waals surface area contributed by atoms with Gasteiger partial charge in [-0.2, -0.15) is 13.2 Å². The van der Waals surface area contributed by atoms with Crippen LogP contribution in [0.1, 0.15) is 36.6 Å². The molecule has 1 saturated carbocycles. The molecule has 2 N–H and O–H groups in total. The Kier molecular flexibility index (Phi) is 6.97. The van der Waals surface area contributed by atoms with E-state index in [-0.39, 0.29) is 23.3 Å². The standard InChI is InChI=1S/C20H27F3N4O5S/c1-11-12(9-25(17(24)29)10-13(31-3)32-4)33-16-14(11)15(28)27(19(2)5-6-19)18(30)26(16)8-7-20(21,22)23/h13H,5-10H2,1-4H3,(H2,24,29). The highest BCUT2D eigenvalue weighted by Crippen LogP contribution is 2.41. The van der Waals surface area contributed by atoms with Gasteiger partial charge in [0, 0.05) is 25.6 Å². The molecule has 2 aromatic rings. The van der Waals surface area contributed by atoms with Gasteiger partial charge in [0.1, 0.15) is 4.83 Å². The van der Waals surface area contributed by atoms with Crippen LogP contribution in [-0.4, -0.2) is 53.3 Å². The molecule has 2 amide bonds. The molecule has 0 bridgehead atoms. The summed E-state index contributed by atoms with van der Waals surface area (Å²) in [6.45, 7) is 2.76. The molecule has 1 aliphatic rings. The van der Waals surface area contributed by atoms with Crippen LogP contribution in [0.5, 0.6) is 0 Å². The SMILES string of the molecule is COC(CN(Cc1sc2c(c1C)c(=O)n(C1(C)CC1)c(=O)n2CCC(F)(F)F)C(N)=O)OC. The van der Waals surface area contributed by atoms with Crippen molar-refractivity contribution >= 4 is 27.6 Å². The molecule has 0 aliphatic heterocycles. The zero-order valence-electron chi connectivity index (χ0n) is 18.8. The monoisotopic (exact) mass is 492 g/mol. The van der Waals surface area contributed by atoms with Crippen molar-refractivity contribution in [2.24, 2.45) is 5.73 Å². The third-order valence-electron chi connectivity index (χ3n) is 5.99. The summed E-state index contributed by atoms with van der Waals surface area (Å²) >= 11 is 1.01. The first-order valence-corrected chi connectivity index (χ1v) is 11.1. The minimum atomic E-state index is -4.47. The fourth-order valence-corrected chi connectivity index (χ4v) is 5.02. The highest BCUT2D eigenvalue weighted by atomic mass is 32.1. The number of urea groups is 1. The molecule has 1 aliphatic carbocycles. The van der Waals surface area contributed by atoms with E-state index in [9.17, 15) is 27.6 Å². The van der Waals surface area contributed by atoms with E-state index < -0.39 is 48.3 Å². The van der Waals surface area contributed by atoms with Gasteiger partial charge in [0.15, 0.2) is 6.29 Å². The molecule has 9 nitrogen and oxygen atoms in total. The number of fused-ring (bicyclic) bond motifs is 1. The highest BCUT2D eigenvalue weighted by Gasteiger charge is 2.43. The van der Waals surface area contributed by atoms with Crippen molar-refractivity contribution in [1.29, 1.82) is 0 Å². The zero-order chi connectivity index (χ0) is 24.7. The number of amides is 2. The second-order valence-electron chi connectivity index (χ2n) is 8.39. The summed E-state index contributed by atoms with van der Waals surface area (Å²) in [6.07, 6.45) is -5.24. The van der Waals surface area contributed by atoms with Crippen molar-refractivity contribution in [3.8, 4) is 0 Å². The number of aromatic nitrogens is 2. The predicted molar refractivity (Wildman–Crippen MR) is 116 cm³/mol. The van der Waals surface area contributed by atoms with Gasteiger partial charge in [-0.15, -0.1) is 11.3 Å². The molecule has 1 fully saturated rings. The maximum Gasteiger partial charge on any atom is 0.390 e. The van der Waals surface area contributed by atoms with Gasteiger partial charge in [-0.25, -0.2) is 9.59 Å². The molecule has 184 valence electrons. The Hall–Kier alpha value is -2.38.